The molecule has 0 aliphatic heterocycles. The Bertz CT molecular complexity index is 589. The lowest BCUT2D eigenvalue weighted by atomic mass is 10.3. The molecule has 0 radical (unpaired) electrons. The minimum atomic E-state index is 0.627. The lowest BCUT2D eigenvalue weighted by Crippen LogP contribution is -1.77. The van der Waals surface area contributed by atoms with Gasteiger partial charge in [-0.05, 0) is 29.6 Å². The molecular weight excluding hydrogens is 226 g/mol. The number of rotatable bonds is 2. The Balaban J connectivity index is 2.13. The highest BCUT2D eigenvalue weighted by atomic mass is 32.2. The van der Waals surface area contributed by atoms with Gasteiger partial charge in [0.05, 0.1) is 20.3 Å². The van der Waals surface area contributed by atoms with Crippen LogP contribution in [0.1, 0.15) is 10.5 Å². The first-order chi connectivity index (χ1) is 7.36. The summed E-state index contributed by atoms with van der Waals surface area (Å²) in [6, 6.07) is 8.01. The van der Waals surface area contributed by atoms with E-state index in [0.717, 1.165) is 12.0 Å². The first-order valence-electron chi connectivity index (χ1n) is 4.48. The van der Waals surface area contributed by atoms with Crippen LogP contribution in [0.4, 0.5) is 0 Å². The molecule has 0 aliphatic rings. The number of fused-ring (bicyclic) bond motifs is 1. The molecule has 0 aromatic carbocycles. The Labute approximate surface area is 94.2 Å². The maximum absolute atomic E-state index is 10.5. The maximum Gasteiger partial charge on any atom is 0.166 e. The van der Waals surface area contributed by atoms with E-state index in [-0.39, 0.29) is 0 Å². The van der Waals surface area contributed by atoms with Gasteiger partial charge in [0.1, 0.15) is 0 Å². The summed E-state index contributed by atoms with van der Waals surface area (Å²) in [5, 5.41) is 3.37. The van der Waals surface area contributed by atoms with Crippen LogP contribution in [0.2, 0.25) is 0 Å². The zero-order valence-electron chi connectivity index (χ0n) is 7.69. The van der Waals surface area contributed by atoms with Crippen LogP contribution >= 0.6 is 22.7 Å². The molecule has 0 bridgehead atoms. The Kier molecular flexibility index (Phi) is 1.97. The van der Waals surface area contributed by atoms with Crippen LogP contribution in [0.25, 0.3) is 20.0 Å². The highest BCUT2D eigenvalue weighted by molar-refractivity contribution is 7.39. The average molecular weight is 233 g/mol. The van der Waals surface area contributed by atoms with E-state index in [1.54, 1.807) is 28.7 Å². The van der Waals surface area contributed by atoms with Gasteiger partial charge in [-0.1, -0.05) is 0 Å². The first kappa shape index (κ1) is 8.88. The molecule has 0 atom stereocenters. The van der Waals surface area contributed by atoms with Crippen molar-refractivity contribution in [1.82, 2.24) is 4.98 Å². The van der Waals surface area contributed by atoms with E-state index in [1.165, 1.54) is 14.3 Å². The molecule has 3 heterocycles. The minimum absolute atomic E-state index is 0.627. The van der Waals surface area contributed by atoms with E-state index in [4.69, 9.17) is 0 Å². The van der Waals surface area contributed by atoms with Crippen molar-refractivity contribution in [3.8, 4) is 10.6 Å². The van der Waals surface area contributed by atoms with E-state index in [2.05, 4.69) is 22.5 Å². The number of aromatic nitrogens is 1. The quantitative estimate of drug-likeness (QED) is 0.671. The highest BCUT2D eigenvalue weighted by Crippen LogP contribution is 2.35. The molecule has 4 heteroatoms. The molecule has 3 rings (SSSR count). The molecule has 0 aliphatic carbocycles. The van der Waals surface area contributed by atoms with Crippen molar-refractivity contribution < 1.29 is 4.79 Å². The molecular formula is C11H7NOS2. The second-order valence-corrected chi connectivity index (χ2v) is 5.45. The summed E-state index contributed by atoms with van der Waals surface area (Å²) in [7, 11) is 0. The smallest absolute Gasteiger partial charge is 0.166 e. The van der Waals surface area contributed by atoms with Crippen molar-refractivity contribution >= 4 is 38.4 Å². The fraction of sp³-hybridized carbons (Fsp3) is 0. The molecule has 15 heavy (non-hydrogen) atoms. The van der Waals surface area contributed by atoms with Crippen LogP contribution in [-0.2, 0) is 0 Å². The fourth-order valence-electron chi connectivity index (χ4n) is 1.52. The normalized spacial score (nSPS) is 10.9. The third kappa shape index (κ3) is 1.42. The fourth-order valence-corrected chi connectivity index (χ4v) is 3.61. The summed E-state index contributed by atoms with van der Waals surface area (Å²) in [5.74, 6) is 0. The molecule has 0 saturated carbocycles. The number of carbonyl (C=O) groups is 1. The summed E-state index contributed by atoms with van der Waals surface area (Å²) in [4.78, 5) is 14.8. The van der Waals surface area contributed by atoms with Gasteiger partial charge in [0.2, 0.25) is 0 Å². The van der Waals surface area contributed by atoms with Crippen molar-refractivity contribution in [3.63, 3.8) is 0 Å². The first-order valence-corrected chi connectivity index (χ1v) is 6.18. The summed E-state index contributed by atoms with van der Waals surface area (Å²) in [5.41, 5.74) is 1.65. The van der Waals surface area contributed by atoms with E-state index >= 15 is 0 Å². The molecule has 0 spiro atoms. The molecule has 0 fully saturated rings. The van der Waals surface area contributed by atoms with Gasteiger partial charge in [-0.3, -0.25) is 4.79 Å². The molecule has 0 saturated heterocycles. The molecule has 3 aromatic rings. The Hall–Kier alpha value is -1.39. The van der Waals surface area contributed by atoms with Crippen molar-refractivity contribution in [2.24, 2.45) is 0 Å². The third-order valence-corrected chi connectivity index (χ3v) is 4.49. The highest BCUT2D eigenvalue weighted by Gasteiger charge is 2.06. The minimum Gasteiger partial charge on any atom is -0.352 e. The summed E-state index contributed by atoms with van der Waals surface area (Å²) in [6.45, 7) is 0. The monoisotopic (exact) mass is 233 g/mol. The second-order valence-electron chi connectivity index (χ2n) is 3.22. The number of hydrogen-bond acceptors (Lipinski definition) is 3. The van der Waals surface area contributed by atoms with Gasteiger partial charge in [0.25, 0.3) is 0 Å². The van der Waals surface area contributed by atoms with Gasteiger partial charge in [0.15, 0.2) is 6.29 Å². The molecule has 74 valence electrons. The van der Waals surface area contributed by atoms with Gasteiger partial charge < -0.3 is 4.98 Å². The number of aldehydes is 1. The van der Waals surface area contributed by atoms with E-state index in [1.807, 2.05) is 6.07 Å². The van der Waals surface area contributed by atoms with Crippen LogP contribution in [-0.4, -0.2) is 11.3 Å². The third-order valence-electron chi connectivity index (χ3n) is 2.25. The van der Waals surface area contributed by atoms with Crippen LogP contribution in [0.3, 0.4) is 0 Å². The number of hydrogen-bond donors (Lipinski definition) is 1. The van der Waals surface area contributed by atoms with Crippen LogP contribution in [0.5, 0.6) is 0 Å². The number of aromatic amines is 1. The van der Waals surface area contributed by atoms with Gasteiger partial charge in [0, 0.05) is 5.39 Å². The lowest BCUT2D eigenvalue weighted by Gasteiger charge is -1.89. The lowest BCUT2D eigenvalue weighted by molar-refractivity contribution is 0.111. The zero-order chi connectivity index (χ0) is 10.3. The van der Waals surface area contributed by atoms with Crippen molar-refractivity contribution in [2.45, 2.75) is 0 Å². The van der Waals surface area contributed by atoms with E-state index in [9.17, 15) is 4.79 Å². The van der Waals surface area contributed by atoms with Crippen LogP contribution < -0.4 is 0 Å². The summed E-state index contributed by atoms with van der Waals surface area (Å²) < 4.78 is 1.33. The topological polar surface area (TPSA) is 32.9 Å². The number of carbonyl (C=O) groups excluding carboxylic acids is 1. The molecule has 0 amide bonds. The Morgan fingerprint density at radius 1 is 1.27 bits per heavy atom. The Morgan fingerprint density at radius 3 is 2.93 bits per heavy atom. The van der Waals surface area contributed by atoms with Crippen LogP contribution in [0.15, 0.2) is 29.6 Å². The Morgan fingerprint density at radius 2 is 2.20 bits per heavy atom. The molecule has 1 N–H and O–H groups in total. The average Bonchev–Trinajstić information content (AvgIpc) is 2.91. The maximum atomic E-state index is 10.5. The zero-order valence-corrected chi connectivity index (χ0v) is 9.32. The van der Waals surface area contributed by atoms with Gasteiger partial charge in [-0.15, -0.1) is 22.7 Å². The number of H-pyrrole nitrogens is 1. The van der Waals surface area contributed by atoms with Crippen molar-refractivity contribution in [1.29, 1.82) is 0 Å². The van der Waals surface area contributed by atoms with E-state index in [0.29, 0.717) is 5.69 Å². The SMILES string of the molecule is O=Cc1ccc(-c2cc3ccsc3s2)[nH]1. The predicted molar refractivity (Wildman–Crippen MR) is 64.9 cm³/mol. The number of nitrogens with one attached hydrogen (secondary N) is 1. The molecule has 2 nitrogen and oxygen atoms in total. The largest absolute Gasteiger partial charge is 0.352 e. The van der Waals surface area contributed by atoms with Gasteiger partial charge in [-0.2, -0.15) is 0 Å². The van der Waals surface area contributed by atoms with Crippen molar-refractivity contribution in [2.75, 3.05) is 0 Å². The molecule has 3 aromatic heterocycles. The van der Waals surface area contributed by atoms with Crippen LogP contribution in [0, 0.1) is 0 Å². The van der Waals surface area contributed by atoms with Gasteiger partial charge in [-0.25, -0.2) is 0 Å². The number of thiophene rings is 2. The summed E-state index contributed by atoms with van der Waals surface area (Å²) >= 11 is 3.50. The van der Waals surface area contributed by atoms with Gasteiger partial charge >= 0.3 is 0 Å². The van der Waals surface area contributed by atoms with Crippen molar-refractivity contribution in [3.05, 3.63) is 35.3 Å². The summed E-state index contributed by atoms with van der Waals surface area (Å²) in [6.07, 6.45) is 0.833. The second kappa shape index (κ2) is 3.32. The van der Waals surface area contributed by atoms with E-state index < -0.39 is 0 Å². The molecule has 0 unspecified atom stereocenters. The standard InChI is InChI=1S/C11H7NOS2/c13-6-8-1-2-9(12-8)10-5-7-3-4-14-11(7)15-10/h1-6,12H. The predicted octanol–water partition coefficient (Wildman–Crippen LogP) is 3.77.